The third kappa shape index (κ3) is 4.49. The maximum absolute atomic E-state index is 12.0. The number of rotatable bonds is 4. The number of hydrogen-bond donors (Lipinski definition) is 2. The highest BCUT2D eigenvalue weighted by Gasteiger charge is 2.14. The van der Waals surface area contributed by atoms with Gasteiger partial charge >= 0.3 is 11.8 Å². The number of carbonyl (C=O) groups excluding carboxylic acids is 2. The average molecular weight is 326 g/mol. The smallest absolute Gasteiger partial charge is 0.314 e. The van der Waals surface area contributed by atoms with Crippen LogP contribution in [0.5, 0.6) is 0 Å². The van der Waals surface area contributed by atoms with Gasteiger partial charge in [-0.2, -0.15) is 0 Å². The van der Waals surface area contributed by atoms with Crippen molar-refractivity contribution >= 4 is 34.6 Å². The molecule has 24 heavy (non-hydrogen) atoms. The van der Waals surface area contributed by atoms with E-state index in [0.717, 1.165) is 11.4 Å². The molecule has 0 bridgehead atoms. The Hall–Kier alpha value is -3.02. The maximum atomic E-state index is 12.0. The van der Waals surface area contributed by atoms with E-state index >= 15 is 0 Å². The topological polar surface area (TPSA) is 64.7 Å². The number of amides is 2. The van der Waals surface area contributed by atoms with Crippen molar-refractivity contribution in [2.24, 2.45) is 0 Å². The van der Waals surface area contributed by atoms with E-state index in [0.29, 0.717) is 11.4 Å². The Morgan fingerprint density at radius 3 is 1.79 bits per heavy atom. The van der Waals surface area contributed by atoms with Gasteiger partial charge in [0.1, 0.15) is 0 Å². The first-order chi connectivity index (χ1) is 11.4. The molecule has 0 unspecified atom stereocenters. The minimum Gasteiger partial charge on any atom is -0.378 e. The van der Waals surface area contributed by atoms with Crippen LogP contribution in [0.25, 0.3) is 0 Å². The van der Waals surface area contributed by atoms with E-state index in [1.807, 2.05) is 62.3 Å². The molecule has 0 radical (unpaired) electrons. The molecule has 0 saturated carbocycles. The zero-order valence-corrected chi connectivity index (χ0v) is 14.3. The molecule has 0 heterocycles. The molecule has 2 amide bonds. The fraction of sp³-hybridized carbons (Fsp3) is 0.222. The maximum Gasteiger partial charge on any atom is 0.314 e. The van der Waals surface area contributed by atoms with Crippen LogP contribution in [0.2, 0.25) is 0 Å². The molecule has 6 nitrogen and oxygen atoms in total. The summed E-state index contributed by atoms with van der Waals surface area (Å²) in [5.41, 5.74) is 3.09. The van der Waals surface area contributed by atoms with Crippen molar-refractivity contribution in [3.8, 4) is 0 Å². The molecule has 0 saturated heterocycles. The highest BCUT2D eigenvalue weighted by atomic mass is 16.2. The third-order valence-electron chi connectivity index (χ3n) is 3.47. The number of nitrogens with zero attached hydrogens (tertiary/aromatic N) is 2. The number of nitrogens with one attached hydrogen (secondary N) is 2. The van der Waals surface area contributed by atoms with E-state index in [4.69, 9.17) is 0 Å². The lowest BCUT2D eigenvalue weighted by Gasteiger charge is -2.14. The summed E-state index contributed by atoms with van der Waals surface area (Å²) >= 11 is 0. The van der Waals surface area contributed by atoms with Crippen LogP contribution in [-0.4, -0.2) is 40.0 Å². The summed E-state index contributed by atoms with van der Waals surface area (Å²) in [4.78, 5) is 27.9. The highest BCUT2D eigenvalue weighted by Crippen LogP contribution is 2.18. The summed E-state index contributed by atoms with van der Waals surface area (Å²) in [6.45, 7) is 0. The third-order valence-corrected chi connectivity index (χ3v) is 3.47. The van der Waals surface area contributed by atoms with Crippen molar-refractivity contribution < 1.29 is 9.59 Å². The lowest BCUT2D eigenvalue weighted by Crippen LogP contribution is -2.29. The Bertz CT molecular complexity index is 724. The normalized spacial score (nSPS) is 10.0. The molecule has 0 fully saturated rings. The average Bonchev–Trinajstić information content (AvgIpc) is 2.55. The molecule has 0 aliphatic carbocycles. The van der Waals surface area contributed by atoms with E-state index in [1.165, 1.54) is 0 Å². The second kappa shape index (κ2) is 7.50. The lowest BCUT2D eigenvalue weighted by molar-refractivity contribution is -0.132. The Morgan fingerprint density at radius 1 is 0.708 bits per heavy atom. The van der Waals surface area contributed by atoms with Gasteiger partial charge < -0.3 is 20.4 Å². The molecule has 0 atom stereocenters. The standard InChI is InChI=1S/C18H22N4O2/c1-21(2)15-10-8-13(9-11-15)19-17(23)18(24)20-14-6-5-7-16(12-14)22(3)4/h5-12H,1-4H3,(H,19,23)(H,20,24). The molecule has 2 N–H and O–H groups in total. The number of hydrogen-bond acceptors (Lipinski definition) is 4. The van der Waals surface area contributed by atoms with Crippen molar-refractivity contribution in [1.82, 2.24) is 0 Å². The predicted molar refractivity (Wildman–Crippen MR) is 98.8 cm³/mol. The quantitative estimate of drug-likeness (QED) is 0.847. The van der Waals surface area contributed by atoms with Crippen LogP contribution in [0.4, 0.5) is 22.7 Å². The fourth-order valence-corrected chi connectivity index (χ4v) is 2.08. The zero-order valence-electron chi connectivity index (χ0n) is 14.3. The van der Waals surface area contributed by atoms with Gasteiger partial charge in [-0.25, -0.2) is 0 Å². The first-order valence-corrected chi connectivity index (χ1v) is 7.54. The van der Waals surface area contributed by atoms with Gasteiger partial charge in [0.25, 0.3) is 0 Å². The molecule has 2 rings (SSSR count). The van der Waals surface area contributed by atoms with Gasteiger partial charge in [-0.1, -0.05) is 6.07 Å². The molecule has 0 spiro atoms. The Morgan fingerprint density at radius 2 is 1.25 bits per heavy atom. The second-order valence-electron chi connectivity index (χ2n) is 5.79. The van der Waals surface area contributed by atoms with Gasteiger partial charge in [-0.3, -0.25) is 9.59 Å². The van der Waals surface area contributed by atoms with E-state index in [2.05, 4.69) is 10.6 Å². The number of carbonyl (C=O) groups is 2. The van der Waals surface area contributed by atoms with Crippen LogP contribution in [0.3, 0.4) is 0 Å². The first kappa shape index (κ1) is 17.3. The molecule has 126 valence electrons. The molecule has 0 aliphatic rings. The summed E-state index contributed by atoms with van der Waals surface area (Å²) in [5, 5.41) is 5.19. The fourth-order valence-electron chi connectivity index (χ4n) is 2.08. The van der Waals surface area contributed by atoms with Crippen molar-refractivity contribution in [2.45, 2.75) is 0 Å². The monoisotopic (exact) mass is 326 g/mol. The summed E-state index contributed by atoms with van der Waals surface area (Å²) in [5.74, 6) is -1.41. The summed E-state index contributed by atoms with van der Waals surface area (Å²) in [6.07, 6.45) is 0. The van der Waals surface area contributed by atoms with Gasteiger partial charge in [0.05, 0.1) is 0 Å². The van der Waals surface area contributed by atoms with Gasteiger partial charge in [0, 0.05) is 50.9 Å². The van der Waals surface area contributed by atoms with E-state index in [9.17, 15) is 9.59 Å². The number of benzene rings is 2. The lowest BCUT2D eigenvalue weighted by atomic mass is 10.2. The van der Waals surface area contributed by atoms with E-state index in [-0.39, 0.29) is 0 Å². The van der Waals surface area contributed by atoms with Crippen LogP contribution in [0.15, 0.2) is 48.5 Å². The SMILES string of the molecule is CN(C)c1ccc(NC(=O)C(=O)Nc2cccc(N(C)C)c2)cc1. The molecule has 0 aliphatic heterocycles. The summed E-state index contributed by atoms with van der Waals surface area (Å²) in [6, 6.07) is 14.5. The molecule has 0 aromatic heterocycles. The number of anilines is 4. The first-order valence-electron chi connectivity index (χ1n) is 7.54. The van der Waals surface area contributed by atoms with Gasteiger partial charge in [-0.15, -0.1) is 0 Å². The second-order valence-corrected chi connectivity index (χ2v) is 5.79. The van der Waals surface area contributed by atoms with Crippen molar-refractivity contribution in [2.75, 3.05) is 48.6 Å². The minimum atomic E-state index is -0.706. The Balaban J connectivity index is 1.99. The van der Waals surface area contributed by atoms with Crippen molar-refractivity contribution in [3.63, 3.8) is 0 Å². The van der Waals surface area contributed by atoms with Crippen molar-refractivity contribution in [3.05, 3.63) is 48.5 Å². The molecule has 2 aromatic carbocycles. The van der Waals surface area contributed by atoms with Crippen LogP contribution < -0.4 is 20.4 Å². The summed E-state index contributed by atoms with van der Waals surface area (Å²) in [7, 11) is 7.68. The summed E-state index contributed by atoms with van der Waals surface area (Å²) < 4.78 is 0. The van der Waals surface area contributed by atoms with Gasteiger partial charge in [0.15, 0.2) is 0 Å². The van der Waals surface area contributed by atoms with Crippen LogP contribution >= 0.6 is 0 Å². The van der Waals surface area contributed by atoms with Crippen LogP contribution in [0.1, 0.15) is 0 Å². The predicted octanol–water partition coefficient (Wildman–Crippen LogP) is 2.40. The Kier molecular flexibility index (Phi) is 5.42. The molecular weight excluding hydrogens is 304 g/mol. The van der Waals surface area contributed by atoms with Crippen LogP contribution in [0, 0.1) is 0 Å². The minimum absolute atomic E-state index is 0.572. The van der Waals surface area contributed by atoms with Gasteiger partial charge in [0.2, 0.25) is 0 Å². The largest absolute Gasteiger partial charge is 0.378 e. The molecule has 6 heteroatoms. The zero-order chi connectivity index (χ0) is 17.7. The van der Waals surface area contributed by atoms with E-state index < -0.39 is 11.8 Å². The van der Waals surface area contributed by atoms with Crippen LogP contribution in [-0.2, 0) is 9.59 Å². The van der Waals surface area contributed by atoms with Crippen molar-refractivity contribution in [1.29, 1.82) is 0 Å². The molecule has 2 aromatic rings. The van der Waals surface area contributed by atoms with Gasteiger partial charge in [-0.05, 0) is 42.5 Å². The molecular formula is C18H22N4O2. The highest BCUT2D eigenvalue weighted by molar-refractivity contribution is 6.43. The Labute approximate surface area is 142 Å². The van der Waals surface area contributed by atoms with E-state index in [1.54, 1.807) is 24.3 Å².